The largest absolute Gasteiger partial charge is 0.322 e. The third-order valence-corrected chi connectivity index (χ3v) is 1.98. The molecule has 0 saturated carbocycles. The van der Waals surface area contributed by atoms with E-state index < -0.39 is 0 Å². The summed E-state index contributed by atoms with van der Waals surface area (Å²) >= 11 is 0. The van der Waals surface area contributed by atoms with Gasteiger partial charge in [-0.2, -0.15) is 0 Å². The molecule has 0 fully saturated rings. The van der Waals surface area contributed by atoms with E-state index in [2.05, 4.69) is 5.10 Å². The second-order valence-corrected chi connectivity index (χ2v) is 3.38. The molecule has 0 unspecified atom stereocenters. The zero-order valence-electron chi connectivity index (χ0n) is 7.66. The first-order chi connectivity index (χ1) is 5.52. The molecule has 1 heterocycles. The molecule has 0 saturated heterocycles. The third-order valence-electron chi connectivity index (χ3n) is 1.98. The third kappa shape index (κ3) is 1.58. The zero-order chi connectivity index (χ0) is 9.30. The van der Waals surface area contributed by atoms with Gasteiger partial charge in [0.05, 0.1) is 5.69 Å². The first-order valence-electron chi connectivity index (χ1n) is 4.04. The van der Waals surface area contributed by atoms with Crippen molar-refractivity contribution in [1.29, 1.82) is 0 Å². The Kier molecular flexibility index (Phi) is 2.38. The van der Waals surface area contributed by atoms with Gasteiger partial charge in [-0.15, -0.1) is 0 Å². The molecule has 0 bridgehead atoms. The first-order valence-corrected chi connectivity index (χ1v) is 4.04. The molecule has 1 atom stereocenters. The number of aromatic amines is 1. The fourth-order valence-corrected chi connectivity index (χ4v) is 1.04. The average molecular weight is 169 g/mol. The molecule has 0 aliphatic rings. The van der Waals surface area contributed by atoms with Crippen molar-refractivity contribution in [3.63, 3.8) is 0 Å². The lowest BCUT2D eigenvalue weighted by atomic mass is 10.0. The van der Waals surface area contributed by atoms with Crippen molar-refractivity contribution < 1.29 is 0 Å². The van der Waals surface area contributed by atoms with Gasteiger partial charge < -0.3 is 5.73 Å². The molecule has 0 aliphatic carbocycles. The van der Waals surface area contributed by atoms with Crippen molar-refractivity contribution in [2.75, 3.05) is 0 Å². The van der Waals surface area contributed by atoms with Gasteiger partial charge in [-0.05, 0) is 5.92 Å². The van der Waals surface area contributed by atoms with Gasteiger partial charge in [-0.3, -0.25) is 14.6 Å². The second kappa shape index (κ2) is 3.15. The Hall–Kier alpha value is -1.03. The van der Waals surface area contributed by atoms with Crippen LogP contribution in [-0.2, 0) is 7.05 Å². The van der Waals surface area contributed by atoms with Crippen molar-refractivity contribution in [2.45, 2.75) is 19.9 Å². The van der Waals surface area contributed by atoms with Crippen molar-refractivity contribution in [3.05, 3.63) is 22.1 Å². The molecule has 4 nitrogen and oxygen atoms in total. The van der Waals surface area contributed by atoms with E-state index in [1.165, 1.54) is 4.68 Å². The van der Waals surface area contributed by atoms with E-state index >= 15 is 0 Å². The van der Waals surface area contributed by atoms with Gasteiger partial charge in [0.1, 0.15) is 0 Å². The van der Waals surface area contributed by atoms with Crippen molar-refractivity contribution in [1.82, 2.24) is 9.78 Å². The SMILES string of the molecule is CC(C)[C@H](N)c1cc(=O)n(C)[nH]1. The molecule has 1 aromatic rings. The Bertz CT molecular complexity index is 310. The van der Waals surface area contributed by atoms with Crippen LogP contribution < -0.4 is 11.3 Å². The Morgan fingerprint density at radius 3 is 2.50 bits per heavy atom. The maximum atomic E-state index is 11.0. The second-order valence-electron chi connectivity index (χ2n) is 3.38. The van der Waals surface area contributed by atoms with Gasteiger partial charge in [-0.1, -0.05) is 13.8 Å². The summed E-state index contributed by atoms with van der Waals surface area (Å²) in [6.45, 7) is 4.05. The Morgan fingerprint density at radius 2 is 2.17 bits per heavy atom. The maximum Gasteiger partial charge on any atom is 0.266 e. The van der Waals surface area contributed by atoms with Crippen LogP contribution in [0.25, 0.3) is 0 Å². The number of rotatable bonds is 2. The molecule has 0 amide bonds. The summed E-state index contributed by atoms with van der Waals surface area (Å²) < 4.78 is 1.43. The van der Waals surface area contributed by atoms with Gasteiger partial charge in [0, 0.05) is 19.2 Å². The van der Waals surface area contributed by atoms with Crippen molar-refractivity contribution >= 4 is 0 Å². The van der Waals surface area contributed by atoms with Crippen LogP contribution in [0.2, 0.25) is 0 Å². The lowest BCUT2D eigenvalue weighted by molar-refractivity contribution is 0.496. The quantitative estimate of drug-likeness (QED) is 0.671. The maximum absolute atomic E-state index is 11.0. The molecule has 0 radical (unpaired) electrons. The Morgan fingerprint density at radius 1 is 1.58 bits per heavy atom. The fourth-order valence-electron chi connectivity index (χ4n) is 1.04. The number of nitrogens with two attached hydrogens (primary N) is 1. The minimum absolute atomic E-state index is 0.0406. The van der Waals surface area contributed by atoms with Gasteiger partial charge in [0.25, 0.3) is 5.56 Å². The summed E-state index contributed by atoms with van der Waals surface area (Å²) in [5.74, 6) is 0.336. The molecule has 4 heteroatoms. The van der Waals surface area contributed by atoms with E-state index in [1.54, 1.807) is 13.1 Å². The minimum Gasteiger partial charge on any atom is -0.322 e. The number of hydrogen-bond donors (Lipinski definition) is 2. The lowest BCUT2D eigenvalue weighted by Crippen LogP contribution is -2.17. The number of aromatic nitrogens is 2. The number of hydrogen-bond acceptors (Lipinski definition) is 2. The van der Waals surface area contributed by atoms with E-state index in [0.717, 1.165) is 5.69 Å². The average Bonchev–Trinajstić information content (AvgIpc) is 2.30. The van der Waals surface area contributed by atoms with E-state index in [1.807, 2.05) is 13.8 Å². The van der Waals surface area contributed by atoms with E-state index in [4.69, 9.17) is 5.73 Å². The summed E-state index contributed by atoms with van der Waals surface area (Å²) in [5.41, 5.74) is 6.60. The van der Waals surface area contributed by atoms with Crippen LogP contribution >= 0.6 is 0 Å². The topological polar surface area (TPSA) is 63.8 Å². The molecule has 0 aromatic carbocycles. The molecule has 68 valence electrons. The predicted molar refractivity (Wildman–Crippen MR) is 47.8 cm³/mol. The van der Waals surface area contributed by atoms with Crippen LogP contribution in [0, 0.1) is 5.92 Å². The molecule has 3 N–H and O–H groups in total. The van der Waals surface area contributed by atoms with Gasteiger partial charge in [0.2, 0.25) is 0 Å². The highest BCUT2D eigenvalue weighted by Gasteiger charge is 2.12. The van der Waals surface area contributed by atoms with Crippen LogP contribution in [0.4, 0.5) is 0 Å². The monoisotopic (exact) mass is 169 g/mol. The number of aryl methyl sites for hydroxylation is 1. The summed E-state index contributed by atoms with van der Waals surface area (Å²) in [5, 5.41) is 2.90. The van der Waals surface area contributed by atoms with Gasteiger partial charge >= 0.3 is 0 Å². The normalized spacial score (nSPS) is 13.8. The summed E-state index contributed by atoms with van der Waals surface area (Å²) in [6.07, 6.45) is 0. The Labute approximate surface area is 71.4 Å². The molecule has 0 spiro atoms. The highest BCUT2D eigenvalue weighted by molar-refractivity contribution is 5.05. The molecule has 0 aliphatic heterocycles. The number of H-pyrrole nitrogens is 1. The van der Waals surface area contributed by atoms with Crippen LogP contribution in [0.3, 0.4) is 0 Å². The molecule has 1 rings (SSSR count). The van der Waals surface area contributed by atoms with Crippen molar-refractivity contribution in [2.24, 2.45) is 18.7 Å². The lowest BCUT2D eigenvalue weighted by Gasteiger charge is -2.12. The smallest absolute Gasteiger partial charge is 0.266 e. The molecule has 1 aromatic heterocycles. The Balaban J connectivity index is 2.96. The van der Waals surface area contributed by atoms with E-state index in [9.17, 15) is 4.79 Å². The fraction of sp³-hybridized carbons (Fsp3) is 0.625. The molecular weight excluding hydrogens is 154 g/mol. The highest BCUT2D eigenvalue weighted by atomic mass is 16.1. The number of nitrogens with zero attached hydrogens (tertiary/aromatic N) is 1. The van der Waals surface area contributed by atoms with E-state index in [0.29, 0.717) is 5.92 Å². The zero-order valence-corrected chi connectivity index (χ0v) is 7.66. The molecule has 12 heavy (non-hydrogen) atoms. The summed E-state index contributed by atoms with van der Waals surface area (Å²) in [7, 11) is 1.68. The standard InChI is InChI=1S/C8H15N3O/c1-5(2)8(9)6-4-7(12)11(3)10-6/h4-5,8,10H,9H2,1-3H3/t8-/m0/s1. The van der Waals surface area contributed by atoms with Crippen LogP contribution in [-0.4, -0.2) is 9.78 Å². The van der Waals surface area contributed by atoms with Crippen LogP contribution in [0.5, 0.6) is 0 Å². The summed E-state index contributed by atoms with van der Waals surface area (Å²) in [6, 6.07) is 1.46. The van der Waals surface area contributed by atoms with E-state index in [-0.39, 0.29) is 11.6 Å². The van der Waals surface area contributed by atoms with Gasteiger partial charge in [-0.25, -0.2) is 0 Å². The predicted octanol–water partition coefficient (Wildman–Crippen LogP) is 0.369. The highest BCUT2D eigenvalue weighted by Crippen LogP contribution is 2.14. The first kappa shape index (κ1) is 9.06. The van der Waals surface area contributed by atoms with Gasteiger partial charge in [0.15, 0.2) is 0 Å². The van der Waals surface area contributed by atoms with Crippen molar-refractivity contribution in [3.8, 4) is 0 Å². The van der Waals surface area contributed by atoms with Crippen LogP contribution in [0.1, 0.15) is 25.6 Å². The summed E-state index contributed by atoms with van der Waals surface area (Å²) in [4.78, 5) is 11.0. The number of nitrogens with one attached hydrogen (secondary N) is 1. The minimum atomic E-state index is -0.0844. The molecular formula is C8H15N3O. The van der Waals surface area contributed by atoms with Crippen LogP contribution in [0.15, 0.2) is 10.9 Å².